The molecule has 0 fully saturated rings. The van der Waals surface area contributed by atoms with Gasteiger partial charge in [-0.05, 0) is 29.8 Å². The summed E-state index contributed by atoms with van der Waals surface area (Å²) in [7, 11) is 0. The van der Waals surface area contributed by atoms with Crippen molar-refractivity contribution in [2.45, 2.75) is 11.0 Å². The van der Waals surface area contributed by atoms with Gasteiger partial charge in [-0.3, -0.25) is 0 Å². The van der Waals surface area contributed by atoms with E-state index in [0.29, 0.717) is 0 Å². The summed E-state index contributed by atoms with van der Waals surface area (Å²) in [4.78, 5) is 4.43. The van der Waals surface area contributed by atoms with Gasteiger partial charge in [0.05, 0.1) is 0 Å². The topological polar surface area (TPSA) is 26.0 Å². The molecule has 1 aromatic heterocycles. The molecule has 0 amide bonds. The van der Waals surface area contributed by atoms with Crippen LogP contribution in [0.4, 0.5) is 0 Å². The number of aromatic nitrogens is 1. The fourth-order valence-electron chi connectivity index (χ4n) is 1.64. The zero-order valence-corrected chi connectivity index (χ0v) is 11.9. The smallest absolute Gasteiger partial charge is 0.257 e. The van der Waals surface area contributed by atoms with Crippen LogP contribution in [0.3, 0.4) is 0 Å². The van der Waals surface area contributed by atoms with Crippen molar-refractivity contribution in [3.05, 3.63) is 58.6 Å². The molecular formula is C14H10BrNOS. The molecule has 0 unspecified atom stereocenters. The molecule has 0 atom stereocenters. The van der Waals surface area contributed by atoms with E-state index < -0.39 is 0 Å². The van der Waals surface area contributed by atoms with Crippen molar-refractivity contribution < 1.29 is 4.42 Å². The predicted molar refractivity (Wildman–Crippen MR) is 77.7 cm³/mol. The third-order valence-electron chi connectivity index (χ3n) is 2.55. The van der Waals surface area contributed by atoms with Gasteiger partial charge in [-0.1, -0.05) is 52.0 Å². The van der Waals surface area contributed by atoms with E-state index in [0.717, 1.165) is 26.5 Å². The molecule has 0 aliphatic heterocycles. The summed E-state index contributed by atoms with van der Waals surface area (Å²) < 4.78 is 6.75. The van der Waals surface area contributed by atoms with Crippen LogP contribution in [0, 0.1) is 0 Å². The first-order valence-electron chi connectivity index (χ1n) is 5.54. The molecule has 0 saturated carbocycles. The van der Waals surface area contributed by atoms with Crippen molar-refractivity contribution in [3.8, 4) is 0 Å². The second kappa shape index (κ2) is 5.16. The number of nitrogens with zero attached hydrogens (tertiary/aromatic N) is 1. The molecule has 3 rings (SSSR count). The van der Waals surface area contributed by atoms with Gasteiger partial charge in [0.1, 0.15) is 5.52 Å². The highest BCUT2D eigenvalue weighted by Gasteiger charge is 2.05. The molecule has 18 heavy (non-hydrogen) atoms. The number of oxazole rings is 1. The first-order valence-corrected chi connectivity index (χ1v) is 7.32. The number of halogens is 1. The lowest BCUT2D eigenvalue weighted by molar-refractivity contribution is 0.489. The van der Waals surface area contributed by atoms with Gasteiger partial charge < -0.3 is 4.42 Å². The molecule has 0 bridgehead atoms. The lowest BCUT2D eigenvalue weighted by Gasteiger charge is -1.98. The maximum Gasteiger partial charge on any atom is 0.257 e. The van der Waals surface area contributed by atoms with E-state index >= 15 is 0 Å². The fourth-order valence-corrected chi connectivity index (χ4v) is 2.70. The largest absolute Gasteiger partial charge is 0.431 e. The lowest BCUT2D eigenvalue weighted by atomic mass is 10.2. The van der Waals surface area contributed by atoms with E-state index in [2.05, 4.69) is 33.0 Å². The summed E-state index contributed by atoms with van der Waals surface area (Å²) in [5.74, 6) is 0.861. The van der Waals surface area contributed by atoms with E-state index in [1.54, 1.807) is 11.8 Å². The van der Waals surface area contributed by atoms with Gasteiger partial charge in [-0.2, -0.15) is 0 Å². The second-order valence-corrected chi connectivity index (χ2v) is 5.70. The first-order chi connectivity index (χ1) is 8.81. The molecule has 0 aliphatic rings. The molecular weight excluding hydrogens is 310 g/mol. The van der Waals surface area contributed by atoms with Gasteiger partial charge in [0.25, 0.3) is 5.22 Å². The van der Waals surface area contributed by atoms with Gasteiger partial charge in [-0.15, -0.1) is 0 Å². The number of hydrogen-bond donors (Lipinski definition) is 0. The number of rotatable bonds is 3. The number of thioether (sulfide) groups is 1. The summed E-state index contributed by atoms with van der Waals surface area (Å²) in [5, 5.41) is 0.721. The molecule has 0 N–H and O–H groups in total. The van der Waals surface area contributed by atoms with Crippen LogP contribution in [-0.2, 0) is 5.75 Å². The quantitative estimate of drug-likeness (QED) is 0.643. The van der Waals surface area contributed by atoms with E-state index in [-0.39, 0.29) is 0 Å². The van der Waals surface area contributed by atoms with Crippen LogP contribution in [0.2, 0.25) is 0 Å². The Hall–Kier alpha value is -1.26. The Balaban J connectivity index is 1.74. The normalized spacial score (nSPS) is 10.9. The van der Waals surface area contributed by atoms with E-state index in [4.69, 9.17) is 4.42 Å². The van der Waals surface area contributed by atoms with Crippen LogP contribution in [-0.4, -0.2) is 4.98 Å². The van der Waals surface area contributed by atoms with Crippen molar-refractivity contribution in [1.82, 2.24) is 4.98 Å². The molecule has 3 aromatic rings. The van der Waals surface area contributed by atoms with E-state index in [1.807, 2.05) is 36.4 Å². The Morgan fingerprint density at radius 1 is 1.06 bits per heavy atom. The Bertz CT molecular complexity index is 630. The molecule has 4 heteroatoms. The lowest BCUT2D eigenvalue weighted by Crippen LogP contribution is -1.79. The van der Waals surface area contributed by atoms with Crippen LogP contribution in [0.1, 0.15) is 5.56 Å². The van der Waals surface area contributed by atoms with Gasteiger partial charge >= 0.3 is 0 Å². The van der Waals surface area contributed by atoms with Gasteiger partial charge in [0, 0.05) is 10.2 Å². The van der Waals surface area contributed by atoms with Crippen LogP contribution in [0.25, 0.3) is 11.1 Å². The van der Waals surface area contributed by atoms with Crippen LogP contribution in [0.5, 0.6) is 0 Å². The van der Waals surface area contributed by atoms with Crippen LogP contribution >= 0.6 is 27.7 Å². The molecule has 2 aromatic carbocycles. The second-order valence-electron chi connectivity index (χ2n) is 3.86. The number of fused-ring (bicyclic) bond motifs is 1. The van der Waals surface area contributed by atoms with Crippen LogP contribution in [0.15, 0.2) is 62.6 Å². The Kier molecular flexibility index (Phi) is 3.39. The molecule has 1 heterocycles. The highest BCUT2D eigenvalue weighted by molar-refractivity contribution is 9.10. The Labute approximate surface area is 118 Å². The minimum atomic E-state index is 0.721. The first kappa shape index (κ1) is 11.8. The van der Waals surface area contributed by atoms with E-state index in [1.165, 1.54) is 5.56 Å². The maximum atomic E-state index is 5.66. The van der Waals surface area contributed by atoms with Crippen molar-refractivity contribution in [2.24, 2.45) is 0 Å². The van der Waals surface area contributed by atoms with E-state index in [9.17, 15) is 0 Å². The SMILES string of the molecule is Brc1ccc(CSc2nc3ccccc3o2)cc1. The average molecular weight is 320 g/mol. The molecule has 0 radical (unpaired) electrons. The molecule has 2 nitrogen and oxygen atoms in total. The Morgan fingerprint density at radius 2 is 1.83 bits per heavy atom. The number of para-hydroxylation sites is 2. The summed E-state index contributed by atoms with van der Waals surface area (Å²) >= 11 is 5.04. The third kappa shape index (κ3) is 2.60. The van der Waals surface area contributed by atoms with Crippen molar-refractivity contribution >= 4 is 38.8 Å². The van der Waals surface area contributed by atoms with Gasteiger partial charge in [0.15, 0.2) is 5.58 Å². The summed E-state index contributed by atoms with van der Waals surface area (Å²) in [6.45, 7) is 0. The Morgan fingerprint density at radius 3 is 2.61 bits per heavy atom. The van der Waals surface area contributed by atoms with Crippen molar-refractivity contribution in [2.75, 3.05) is 0 Å². The minimum Gasteiger partial charge on any atom is -0.431 e. The average Bonchev–Trinajstić information content (AvgIpc) is 2.81. The van der Waals surface area contributed by atoms with Crippen LogP contribution < -0.4 is 0 Å². The van der Waals surface area contributed by atoms with Gasteiger partial charge in [0.2, 0.25) is 0 Å². The summed E-state index contributed by atoms with van der Waals surface area (Å²) in [6, 6.07) is 16.1. The summed E-state index contributed by atoms with van der Waals surface area (Å²) in [5.41, 5.74) is 3.01. The molecule has 90 valence electrons. The number of benzene rings is 2. The zero-order valence-electron chi connectivity index (χ0n) is 9.47. The number of hydrogen-bond acceptors (Lipinski definition) is 3. The monoisotopic (exact) mass is 319 g/mol. The highest BCUT2D eigenvalue weighted by Crippen LogP contribution is 2.26. The molecule has 0 aliphatic carbocycles. The van der Waals surface area contributed by atoms with Gasteiger partial charge in [-0.25, -0.2) is 4.98 Å². The standard InChI is InChI=1S/C14H10BrNOS/c15-11-7-5-10(6-8-11)9-18-14-16-12-3-1-2-4-13(12)17-14/h1-8H,9H2. The zero-order chi connectivity index (χ0) is 12.4. The summed E-state index contributed by atoms with van der Waals surface area (Å²) in [6.07, 6.45) is 0. The molecule has 0 saturated heterocycles. The fraction of sp³-hybridized carbons (Fsp3) is 0.0714. The van der Waals surface area contributed by atoms with Crippen molar-refractivity contribution in [1.29, 1.82) is 0 Å². The maximum absolute atomic E-state index is 5.66. The third-order valence-corrected chi connectivity index (χ3v) is 3.98. The van der Waals surface area contributed by atoms with Crippen molar-refractivity contribution in [3.63, 3.8) is 0 Å². The molecule has 0 spiro atoms. The minimum absolute atomic E-state index is 0.721. The highest BCUT2D eigenvalue weighted by atomic mass is 79.9. The predicted octanol–water partition coefficient (Wildman–Crippen LogP) is 4.88.